The van der Waals surface area contributed by atoms with Crippen molar-refractivity contribution < 1.29 is 28.6 Å². The van der Waals surface area contributed by atoms with Gasteiger partial charge in [-0.05, 0) is 55.5 Å². The number of esters is 2. The number of carbonyl (C=O) groups excluding carboxylic acids is 3. The molecule has 0 bridgehead atoms. The molecular weight excluding hydrogens is 554 g/mol. The molecule has 2 aromatic rings. The first-order valence-electron chi connectivity index (χ1n) is 16.7. The van der Waals surface area contributed by atoms with Gasteiger partial charge in [0.1, 0.15) is 0 Å². The molecule has 0 aromatic heterocycles. The van der Waals surface area contributed by atoms with Gasteiger partial charge in [0.25, 0.3) is 5.91 Å². The minimum absolute atomic E-state index is 0.213. The average Bonchev–Trinajstić information content (AvgIpc) is 3.03. The summed E-state index contributed by atoms with van der Waals surface area (Å²) in [5.74, 6) is -1.82. The van der Waals surface area contributed by atoms with E-state index in [1.165, 1.54) is 37.7 Å². The van der Waals surface area contributed by atoms with E-state index in [2.05, 4.69) is 26.1 Å². The van der Waals surface area contributed by atoms with E-state index in [4.69, 9.17) is 14.2 Å². The summed E-state index contributed by atoms with van der Waals surface area (Å²) in [5, 5.41) is 2.88. The van der Waals surface area contributed by atoms with Crippen LogP contribution in [0.4, 0.5) is 5.69 Å². The lowest BCUT2D eigenvalue weighted by molar-refractivity contribution is -0.143. The third-order valence-electron chi connectivity index (χ3n) is 7.31. The SMILES string of the molecule is CCCCCCCCc1ccc(C(=O)Nc2ccccc2O/C(=C\C(=O)OCCCCCC)C(=O)OCCCCCC)cc1. The molecule has 0 fully saturated rings. The summed E-state index contributed by atoms with van der Waals surface area (Å²) >= 11 is 0. The largest absolute Gasteiger partial charge is 0.462 e. The highest BCUT2D eigenvalue weighted by molar-refractivity contribution is 6.05. The van der Waals surface area contributed by atoms with Crippen molar-refractivity contribution in [2.45, 2.75) is 117 Å². The molecular formula is C37H53NO6. The van der Waals surface area contributed by atoms with Crippen LogP contribution in [-0.4, -0.2) is 31.1 Å². The number of anilines is 1. The summed E-state index contributed by atoms with van der Waals surface area (Å²) in [6.45, 7) is 6.93. The number of unbranched alkanes of at least 4 members (excludes halogenated alkanes) is 11. The highest BCUT2D eigenvalue weighted by Crippen LogP contribution is 2.27. The monoisotopic (exact) mass is 607 g/mol. The number of benzene rings is 2. The van der Waals surface area contributed by atoms with Gasteiger partial charge >= 0.3 is 11.9 Å². The van der Waals surface area contributed by atoms with Crippen LogP contribution in [0.2, 0.25) is 0 Å². The van der Waals surface area contributed by atoms with Gasteiger partial charge in [-0.2, -0.15) is 0 Å². The molecule has 1 amide bonds. The number of aryl methyl sites for hydroxylation is 1. The van der Waals surface area contributed by atoms with Crippen molar-refractivity contribution in [3.63, 3.8) is 0 Å². The first-order chi connectivity index (χ1) is 21.5. The topological polar surface area (TPSA) is 90.9 Å². The molecule has 0 saturated heterocycles. The molecule has 0 atom stereocenters. The maximum absolute atomic E-state index is 13.1. The highest BCUT2D eigenvalue weighted by Gasteiger charge is 2.19. The van der Waals surface area contributed by atoms with Crippen LogP contribution in [0.15, 0.2) is 60.4 Å². The zero-order valence-corrected chi connectivity index (χ0v) is 27.2. The predicted octanol–water partition coefficient (Wildman–Crippen LogP) is 9.35. The van der Waals surface area contributed by atoms with E-state index in [0.29, 0.717) is 11.3 Å². The molecule has 7 nitrogen and oxygen atoms in total. The van der Waals surface area contributed by atoms with Crippen LogP contribution in [0.1, 0.15) is 127 Å². The van der Waals surface area contributed by atoms with Gasteiger partial charge in [0.2, 0.25) is 5.76 Å². The quantitative estimate of drug-likeness (QED) is 0.0586. The lowest BCUT2D eigenvalue weighted by Gasteiger charge is -2.14. The molecule has 0 radical (unpaired) electrons. The Morgan fingerprint density at radius 2 is 1.23 bits per heavy atom. The zero-order valence-electron chi connectivity index (χ0n) is 27.2. The van der Waals surface area contributed by atoms with Gasteiger partial charge in [-0.15, -0.1) is 0 Å². The third-order valence-corrected chi connectivity index (χ3v) is 7.31. The number of carbonyl (C=O) groups is 3. The van der Waals surface area contributed by atoms with Crippen LogP contribution in [0.25, 0.3) is 0 Å². The van der Waals surface area contributed by atoms with Gasteiger partial charge < -0.3 is 19.5 Å². The van der Waals surface area contributed by atoms with Crippen LogP contribution in [-0.2, 0) is 25.5 Å². The number of nitrogens with one attached hydrogen (secondary N) is 1. The summed E-state index contributed by atoms with van der Waals surface area (Å²) in [7, 11) is 0. The molecule has 2 aromatic carbocycles. The molecule has 1 N–H and O–H groups in total. The van der Waals surface area contributed by atoms with Crippen LogP contribution in [0.3, 0.4) is 0 Å². The van der Waals surface area contributed by atoms with Crippen LogP contribution >= 0.6 is 0 Å². The van der Waals surface area contributed by atoms with E-state index in [0.717, 1.165) is 70.3 Å². The Kier molecular flexibility index (Phi) is 19.0. The fourth-order valence-electron chi connectivity index (χ4n) is 4.65. The molecule has 0 aliphatic heterocycles. The standard InChI is InChI=1S/C37H53NO6/c1-4-7-10-13-14-15-20-30-23-25-31(26-24-30)36(40)38-32-21-16-17-22-33(32)44-34(37(41)43-28-19-12-9-6-3)29-35(39)42-27-18-11-8-5-2/h16-17,21-26,29H,4-15,18-20,27-28H2,1-3H3,(H,38,40)/b34-29-. The predicted molar refractivity (Wildman–Crippen MR) is 177 cm³/mol. The Bertz CT molecular complexity index is 1140. The number of para-hydroxylation sites is 2. The van der Waals surface area contributed by atoms with Gasteiger partial charge in [0.15, 0.2) is 5.75 Å². The molecule has 0 aliphatic rings. The molecule has 7 heteroatoms. The average molecular weight is 608 g/mol. The molecule has 242 valence electrons. The Hall–Kier alpha value is -3.61. The van der Waals surface area contributed by atoms with E-state index in [1.54, 1.807) is 24.3 Å². The Morgan fingerprint density at radius 3 is 1.89 bits per heavy atom. The van der Waals surface area contributed by atoms with Gasteiger partial charge in [-0.1, -0.05) is 116 Å². The lowest BCUT2D eigenvalue weighted by Crippen LogP contribution is -2.18. The highest BCUT2D eigenvalue weighted by atomic mass is 16.6. The lowest BCUT2D eigenvalue weighted by atomic mass is 10.0. The number of hydrogen-bond acceptors (Lipinski definition) is 6. The maximum atomic E-state index is 13.1. The molecule has 0 heterocycles. The fourth-order valence-corrected chi connectivity index (χ4v) is 4.65. The van der Waals surface area contributed by atoms with Crippen LogP contribution < -0.4 is 10.1 Å². The van der Waals surface area contributed by atoms with E-state index < -0.39 is 11.9 Å². The normalized spacial score (nSPS) is 11.2. The molecule has 0 aliphatic carbocycles. The van der Waals surface area contributed by atoms with Crippen molar-refractivity contribution in [2.24, 2.45) is 0 Å². The van der Waals surface area contributed by atoms with Gasteiger partial charge in [0.05, 0.1) is 25.0 Å². The first-order valence-corrected chi connectivity index (χ1v) is 16.7. The molecule has 2 rings (SSSR count). The first kappa shape index (κ1) is 36.6. The van der Waals surface area contributed by atoms with E-state index >= 15 is 0 Å². The minimum atomic E-state index is -0.758. The van der Waals surface area contributed by atoms with E-state index in [9.17, 15) is 14.4 Å². The van der Waals surface area contributed by atoms with E-state index in [-0.39, 0.29) is 30.6 Å². The number of hydrogen-bond donors (Lipinski definition) is 1. The van der Waals surface area contributed by atoms with Gasteiger partial charge in [-0.3, -0.25) is 4.79 Å². The van der Waals surface area contributed by atoms with Crippen molar-refractivity contribution >= 4 is 23.5 Å². The Balaban J connectivity index is 2.06. The second-order valence-corrected chi connectivity index (χ2v) is 11.2. The smallest absolute Gasteiger partial charge is 0.374 e. The molecule has 0 saturated carbocycles. The summed E-state index contributed by atoms with van der Waals surface area (Å²) in [4.78, 5) is 38.6. The second-order valence-electron chi connectivity index (χ2n) is 11.2. The number of ether oxygens (including phenoxy) is 3. The summed E-state index contributed by atoms with van der Waals surface area (Å²) in [6, 6.07) is 14.4. The van der Waals surface area contributed by atoms with Crippen LogP contribution in [0, 0.1) is 0 Å². The van der Waals surface area contributed by atoms with Crippen molar-refractivity contribution in [3.05, 3.63) is 71.5 Å². The Labute approximate surface area is 264 Å². The van der Waals surface area contributed by atoms with Gasteiger partial charge in [0, 0.05) is 5.56 Å². The maximum Gasteiger partial charge on any atom is 0.374 e. The Morgan fingerprint density at radius 1 is 0.659 bits per heavy atom. The van der Waals surface area contributed by atoms with Crippen molar-refractivity contribution in [1.82, 2.24) is 0 Å². The fraction of sp³-hybridized carbons (Fsp3) is 0.541. The zero-order chi connectivity index (χ0) is 31.8. The molecule has 0 spiro atoms. The second kappa shape index (κ2) is 22.9. The number of amides is 1. The van der Waals surface area contributed by atoms with E-state index in [1.807, 2.05) is 24.3 Å². The molecule has 44 heavy (non-hydrogen) atoms. The van der Waals surface area contributed by atoms with Crippen molar-refractivity contribution in [2.75, 3.05) is 18.5 Å². The minimum Gasteiger partial charge on any atom is -0.462 e. The summed E-state index contributed by atoms with van der Waals surface area (Å²) in [6.07, 6.45) is 17.1. The van der Waals surface area contributed by atoms with Gasteiger partial charge in [-0.25, -0.2) is 9.59 Å². The third kappa shape index (κ3) is 15.2. The van der Waals surface area contributed by atoms with Crippen molar-refractivity contribution in [3.8, 4) is 5.75 Å². The molecule has 0 unspecified atom stereocenters. The summed E-state index contributed by atoms with van der Waals surface area (Å²) in [5.41, 5.74) is 2.09. The summed E-state index contributed by atoms with van der Waals surface area (Å²) < 4.78 is 16.6. The number of rotatable bonds is 23. The van der Waals surface area contributed by atoms with Crippen LogP contribution in [0.5, 0.6) is 5.75 Å². The van der Waals surface area contributed by atoms with Crippen molar-refractivity contribution in [1.29, 1.82) is 0 Å².